The third-order valence-corrected chi connectivity index (χ3v) is 6.29. The molecule has 5 heteroatoms. The van der Waals surface area contributed by atoms with E-state index in [0.717, 1.165) is 38.3 Å². The van der Waals surface area contributed by atoms with Gasteiger partial charge in [0.25, 0.3) is 0 Å². The quantitative estimate of drug-likeness (QED) is 0.658. The van der Waals surface area contributed by atoms with Gasteiger partial charge in [0, 0.05) is 9.75 Å². The Bertz CT molecular complexity index is 749. The van der Waals surface area contributed by atoms with Gasteiger partial charge in [-0.15, -0.1) is 22.7 Å². The zero-order valence-corrected chi connectivity index (χ0v) is 14.3. The van der Waals surface area contributed by atoms with Crippen molar-refractivity contribution in [2.75, 3.05) is 0 Å². The molecule has 2 heterocycles. The number of fused-ring (bicyclic) bond motifs is 1. The van der Waals surface area contributed by atoms with Crippen LogP contribution in [0.25, 0.3) is 0 Å². The van der Waals surface area contributed by atoms with Gasteiger partial charge < -0.3 is 0 Å². The largest absolute Gasteiger partial charge is 0.240 e. The average Bonchev–Trinajstić information content (AvgIpc) is 3.01. The summed E-state index contributed by atoms with van der Waals surface area (Å²) in [6.07, 6.45) is 3.25. The second kappa shape index (κ2) is 5.92. The van der Waals surface area contributed by atoms with Crippen LogP contribution < -0.4 is 0 Å². The Morgan fingerprint density at radius 1 is 1.43 bits per heavy atom. The summed E-state index contributed by atoms with van der Waals surface area (Å²) >= 11 is 9.18. The third-order valence-electron chi connectivity index (χ3n) is 3.80. The van der Waals surface area contributed by atoms with Gasteiger partial charge in [0.15, 0.2) is 0 Å². The molecule has 0 aromatic carbocycles. The number of rotatable bonds is 2. The van der Waals surface area contributed by atoms with E-state index in [2.05, 4.69) is 13.0 Å². The van der Waals surface area contributed by atoms with Gasteiger partial charge in [-0.25, -0.2) is 4.99 Å². The molecule has 0 radical (unpaired) electrons. The second-order valence-electron chi connectivity index (χ2n) is 5.44. The first-order chi connectivity index (χ1) is 10.1. The molecule has 0 fully saturated rings. The first kappa shape index (κ1) is 14.8. The van der Waals surface area contributed by atoms with E-state index in [0.29, 0.717) is 5.92 Å². The highest BCUT2D eigenvalue weighted by molar-refractivity contribution is 7.18. The first-order valence-electron chi connectivity index (χ1n) is 6.94. The molecule has 21 heavy (non-hydrogen) atoms. The summed E-state index contributed by atoms with van der Waals surface area (Å²) in [5, 5.41) is 10.3. The van der Waals surface area contributed by atoms with Gasteiger partial charge in [0.05, 0.1) is 15.6 Å². The summed E-state index contributed by atoms with van der Waals surface area (Å²) in [7, 11) is 0. The minimum absolute atomic E-state index is 0.705. The van der Waals surface area contributed by atoms with Crippen LogP contribution in [0, 0.1) is 17.2 Å². The molecule has 0 amide bonds. The first-order valence-corrected chi connectivity index (χ1v) is 8.95. The van der Waals surface area contributed by atoms with Crippen LogP contribution in [0.15, 0.2) is 17.1 Å². The molecule has 2 aromatic heterocycles. The highest BCUT2D eigenvalue weighted by Gasteiger charge is 2.23. The van der Waals surface area contributed by atoms with E-state index in [1.54, 1.807) is 11.3 Å². The number of nitriles is 1. The molecule has 0 aliphatic heterocycles. The second-order valence-corrected chi connectivity index (χ2v) is 8.24. The Morgan fingerprint density at radius 2 is 2.24 bits per heavy atom. The van der Waals surface area contributed by atoms with Crippen molar-refractivity contribution in [3.8, 4) is 6.07 Å². The van der Waals surface area contributed by atoms with Gasteiger partial charge in [-0.05, 0) is 49.8 Å². The molecule has 1 atom stereocenters. The Hall–Kier alpha value is -1.15. The lowest BCUT2D eigenvalue weighted by molar-refractivity contribution is 0.507. The van der Waals surface area contributed by atoms with Gasteiger partial charge >= 0.3 is 0 Å². The maximum absolute atomic E-state index is 9.49. The number of hydrogen-bond acceptors (Lipinski definition) is 4. The van der Waals surface area contributed by atoms with Crippen molar-refractivity contribution < 1.29 is 0 Å². The average molecular weight is 335 g/mol. The van der Waals surface area contributed by atoms with Crippen molar-refractivity contribution in [1.82, 2.24) is 0 Å². The van der Waals surface area contributed by atoms with Gasteiger partial charge in [-0.3, -0.25) is 0 Å². The lowest BCUT2D eigenvalue weighted by atomic mass is 9.89. The van der Waals surface area contributed by atoms with Crippen molar-refractivity contribution in [2.24, 2.45) is 10.9 Å². The van der Waals surface area contributed by atoms with Crippen molar-refractivity contribution in [2.45, 2.75) is 33.1 Å². The molecule has 2 aromatic rings. The fourth-order valence-electron chi connectivity index (χ4n) is 2.65. The number of halogens is 1. The van der Waals surface area contributed by atoms with Gasteiger partial charge in [0.1, 0.15) is 11.1 Å². The minimum atomic E-state index is 0.705. The predicted molar refractivity (Wildman–Crippen MR) is 91.4 cm³/mol. The smallest absolute Gasteiger partial charge is 0.134 e. The number of thiophene rings is 2. The molecule has 0 N–H and O–H groups in total. The fourth-order valence-corrected chi connectivity index (χ4v) is 5.02. The maximum atomic E-state index is 9.49. The molecule has 0 unspecified atom stereocenters. The Balaban J connectivity index is 2.01. The maximum Gasteiger partial charge on any atom is 0.134 e. The van der Waals surface area contributed by atoms with E-state index >= 15 is 0 Å². The minimum Gasteiger partial charge on any atom is -0.240 e. The van der Waals surface area contributed by atoms with E-state index in [-0.39, 0.29) is 0 Å². The zero-order valence-electron chi connectivity index (χ0n) is 11.9. The molecule has 1 aliphatic carbocycles. The summed E-state index contributed by atoms with van der Waals surface area (Å²) in [6, 6.07) is 6.22. The lowest BCUT2D eigenvalue weighted by Crippen LogP contribution is -2.09. The van der Waals surface area contributed by atoms with Crippen molar-refractivity contribution in [3.05, 3.63) is 37.4 Å². The van der Waals surface area contributed by atoms with Crippen LogP contribution >= 0.6 is 34.3 Å². The van der Waals surface area contributed by atoms with Gasteiger partial charge in [0.2, 0.25) is 0 Å². The fraction of sp³-hybridized carbons (Fsp3) is 0.375. The van der Waals surface area contributed by atoms with Crippen LogP contribution in [0.3, 0.4) is 0 Å². The van der Waals surface area contributed by atoms with Crippen LogP contribution in [0.5, 0.6) is 0 Å². The standard InChI is InChI=1S/C16H15ClN2S2/c1-9-3-4-11-12(8-18)16(21-14(11)7-9)19-10(2)13-5-6-15(17)20-13/h5-6,9H,3-4,7H2,1-2H3/t9-/m0/s1. The van der Waals surface area contributed by atoms with Crippen LogP contribution in [0.4, 0.5) is 5.00 Å². The molecule has 2 nitrogen and oxygen atoms in total. The summed E-state index contributed by atoms with van der Waals surface area (Å²) in [6.45, 7) is 4.25. The van der Waals surface area contributed by atoms with E-state index in [1.807, 2.05) is 19.1 Å². The van der Waals surface area contributed by atoms with Crippen LogP contribution in [0.2, 0.25) is 4.34 Å². The lowest BCUT2D eigenvalue weighted by Gasteiger charge is -2.17. The molecule has 0 bridgehead atoms. The van der Waals surface area contributed by atoms with Crippen LogP contribution in [-0.2, 0) is 12.8 Å². The summed E-state index contributed by atoms with van der Waals surface area (Å²) < 4.78 is 0.763. The molecule has 0 saturated carbocycles. The Morgan fingerprint density at radius 3 is 2.90 bits per heavy atom. The summed E-state index contributed by atoms with van der Waals surface area (Å²) in [4.78, 5) is 7.11. The molecule has 0 spiro atoms. The zero-order chi connectivity index (χ0) is 15.0. The highest BCUT2D eigenvalue weighted by Crippen LogP contribution is 2.41. The molecule has 0 saturated heterocycles. The normalized spacial score (nSPS) is 18.4. The predicted octanol–water partition coefficient (Wildman–Crippen LogP) is 5.60. The van der Waals surface area contributed by atoms with E-state index < -0.39 is 0 Å². The summed E-state index contributed by atoms with van der Waals surface area (Å²) in [5.74, 6) is 0.705. The van der Waals surface area contributed by atoms with Gasteiger partial charge in [-0.2, -0.15) is 5.26 Å². The molecular formula is C16H15ClN2S2. The topological polar surface area (TPSA) is 36.1 Å². The number of hydrogen-bond donors (Lipinski definition) is 0. The van der Waals surface area contributed by atoms with Crippen molar-refractivity contribution in [3.63, 3.8) is 0 Å². The molecule has 108 valence electrons. The van der Waals surface area contributed by atoms with E-state index in [9.17, 15) is 5.26 Å². The number of aliphatic imine (C=N–C) groups is 1. The monoisotopic (exact) mass is 334 g/mol. The third kappa shape index (κ3) is 2.91. The molecular weight excluding hydrogens is 320 g/mol. The highest BCUT2D eigenvalue weighted by atomic mass is 35.5. The number of nitrogens with zero attached hydrogens (tertiary/aromatic N) is 2. The van der Waals surface area contributed by atoms with Crippen LogP contribution in [-0.4, -0.2) is 5.71 Å². The summed E-state index contributed by atoms with van der Waals surface area (Å²) in [5.41, 5.74) is 2.94. The Labute approximate surface area is 137 Å². The van der Waals surface area contributed by atoms with Crippen LogP contribution in [0.1, 0.15) is 41.1 Å². The van der Waals surface area contributed by atoms with Crippen molar-refractivity contribution >= 4 is 45.0 Å². The van der Waals surface area contributed by atoms with Crippen molar-refractivity contribution in [1.29, 1.82) is 5.26 Å². The Kier molecular flexibility index (Phi) is 4.17. The van der Waals surface area contributed by atoms with E-state index in [4.69, 9.17) is 16.6 Å². The molecule has 1 aliphatic rings. The molecule has 3 rings (SSSR count). The van der Waals surface area contributed by atoms with Gasteiger partial charge in [-0.1, -0.05) is 18.5 Å². The van der Waals surface area contributed by atoms with E-state index in [1.165, 1.54) is 28.2 Å². The SMILES string of the molecule is CC(=Nc1sc2c(c1C#N)CC[C@H](C)C2)c1ccc(Cl)s1.